The standard InChI is InChI=1S/C29H26O16/c1-9-20(35)24(39)27(44-28(40)11-5-16(33)22(37)17(34)6-11)29(42-9)45-26-23(38)19-13(30)7-12(41-2)8-18(19)43-25(26)10-3-14(31)21(36)15(32)4-10/h3-9,20,24,27,29-37,39H,1-2H3/t9-,20-,24+,27-,29-/m0/s1. The molecule has 1 fully saturated rings. The minimum Gasteiger partial charge on any atom is -0.507 e. The van der Waals surface area contributed by atoms with Gasteiger partial charge in [-0.3, -0.25) is 4.79 Å². The van der Waals surface area contributed by atoms with E-state index in [-0.39, 0.29) is 16.9 Å². The van der Waals surface area contributed by atoms with Crippen molar-refractivity contribution in [2.45, 2.75) is 37.6 Å². The summed E-state index contributed by atoms with van der Waals surface area (Å²) in [5.74, 6) is -8.26. The molecular weight excluding hydrogens is 604 g/mol. The van der Waals surface area contributed by atoms with Crippen LogP contribution < -0.4 is 14.9 Å². The Hall–Kier alpha value is -5.58. The smallest absolute Gasteiger partial charge is 0.339 e. The highest BCUT2D eigenvalue weighted by Gasteiger charge is 2.47. The second kappa shape index (κ2) is 11.5. The van der Waals surface area contributed by atoms with Gasteiger partial charge in [0.25, 0.3) is 0 Å². The Morgan fingerprint density at radius 2 is 1.38 bits per heavy atom. The number of hydrogen-bond donors (Lipinski definition) is 9. The molecule has 4 aromatic rings. The Morgan fingerprint density at radius 3 is 1.96 bits per heavy atom. The number of rotatable bonds is 6. The van der Waals surface area contributed by atoms with Gasteiger partial charge in [-0.05, 0) is 31.2 Å². The van der Waals surface area contributed by atoms with E-state index >= 15 is 0 Å². The van der Waals surface area contributed by atoms with Gasteiger partial charge in [0.2, 0.25) is 17.5 Å². The SMILES string of the molecule is COc1cc(O)c2c(=O)c(O[C@@H]3O[C@@H](C)[C@H](O)[C@@H](O)[C@@H]3OC(=O)c3cc(O)c(O)c(O)c3)c(-c3cc(O)c(O)c(O)c3)oc2c1. The summed E-state index contributed by atoms with van der Waals surface area (Å²) in [4.78, 5) is 26.8. The molecule has 5 rings (SSSR count). The van der Waals surface area contributed by atoms with E-state index in [4.69, 9.17) is 23.4 Å². The van der Waals surface area contributed by atoms with E-state index in [1.165, 1.54) is 20.1 Å². The number of phenols is 7. The third kappa shape index (κ3) is 5.48. The van der Waals surface area contributed by atoms with Gasteiger partial charge in [0.1, 0.15) is 34.7 Å². The van der Waals surface area contributed by atoms with Crippen LogP contribution in [0.2, 0.25) is 0 Å². The fourth-order valence-corrected chi connectivity index (χ4v) is 4.66. The first-order valence-corrected chi connectivity index (χ1v) is 13.0. The molecule has 238 valence electrons. The monoisotopic (exact) mass is 630 g/mol. The van der Waals surface area contributed by atoms with Crippen LogP contribution in [0.5, 0.6) is 51.7 Å². The summed E-state index contributed by atoms with van der Waals surface area (Å²) < 4.78 is 27.7. The largest absolute Gasteiger partial charge is 0.507 e. The van der Waals surface area contributed by atoms with E-state index in [1.807, 2.05) is 0 Å². The van der Waals surface area contributed by atoms with Crippen LogP contribution in [0.1, 0.15) is 17.3 Å². The number of ether oxygens (including phenoxy) is 4. The number of esters is 1. The van der Waals surface area contributed by atoms with Gasteiger partial charge < -0.3 is 69.3 Å². The quantitative estimate of drug-likeness (QED) is 0.108. The molecule has 1 aromatic heterocycles. The first-order chi connectivity index (χ1) is 21.2. The maximum Gasteiger partial charge on any atom is 0.339 e. The van der Waals surface area contributed by atoms with Gasteiger partial charge in [-0.1, -0.05) is 0 Å². The second-order valence-electron chi connectivity index (χ2n) is 10.0. The van der Waals surface area contributed by atoms with Crippen LogP contribution in [-0.2, 0) is 9.47 Å². The molecule has 0 bridgehead atoms. The number of aliphatic hydroxyl groups excluding tert-OH is 2. The highest BCUT2D eigenvalue weighted by molar-refractivity contribution is 5.91. The van der Waals surface area contributed by atoms with Crippen LogP contribution in [-0.4, -0.2) is 89.7 Å². The molecule has 0 unspecified atom stereocenters. The Balaban J connectivity index is 1.65. The number of phenolic OH excluding ortho intramolecular Hbond substituents is 7. The van der Waals surface area contributed by atoms with Crippen molar-refractivity contribution in [3.63, 3.8) is 0 Å². The highest BCUT2D eigenvalue weighted by atomic mass is 16.7. The average Bonchev–Trinajstić information content (AvgIpc) is 2.99. The molecule has 2 heterocycles. The van der Waals surface area contributed by atoms with Crippen molar-refractivity contribution in [2.75, 3.05) is 7.11 Å². The van der Waals surface area contributed by atoms with E-state index in [1.54, 1.807) is 0 Å². The number of aromatic hydroxyl groups is 7. The molecule has 0 spiro atoms. The molecular formula is C29H26O16. The van der Waals surface area contributed by atoms with Gasteiger partial charge in [0.15, 0.2) is 46.4 Å². The summed E-state index contributed by atoms with van der Waals surface area (Å²) in [6, 6.07) is 5.68. The van der Waals surface area contributed by atoms with Crippen molar-refractivity contribution >= 4 is 16.9 Å². The summed E-state index contributed by atoms with van der Waals surface area (Å²) in [6.07, 6.45) is -8.54. The maximum absolute atomic E-state index is 13.8. The van der Waals surface area contributed by atoms with E-state index in [2.05, 4.69) is 0 Å². The number of methoxy groups -OCH3 is 1. The minimum absolute atomic E-state index is 0.0824. The maximum atomic E-state index is 13.8. The number of carbonyl (C=O) groups excluding carboxylic acids is 1. The van der Waals surface area contributed by atoms with Gasteiger partial charge >= 0.3 is 5.97 Å². The van der Waals surface area contributed by atoms with Crippen LogP contribution in [0.15, 0.2) is 45.6 Å². The molecule has 0 aliphatic carbocycles. The predicted octanol–water partition coefficient (Wildman–Crippen LogP) is 1.48. The van der Waals surface area contributed by atoms with Crippen LogP contribution in [0, 0.1) is 0 Å². The van der Waals surface area contributed by atoms with E-state index in [0.29, 0.717) is 0 Å². The molecule has 1 saturated heterocycles. The van der Waals surface area contributed by atoms with Crippen molar-refractivity contribution in [1.82, 2.24) is 0 Å². The summed E-state index contributed by atoms with van der Waals surface area (Å²) in [7, 11) is 1.29. The molecule has 16 nitrogen and oxygen atoms in total. The van der Waals surface area contributed by atoms with E-state index < -0.39 is 105 Å². The Labute approximate surface area is 251 Å². The summed E-state index contributed by atoms with van der Waals surface area (Å²) >= 11 is 0. The lowest BCUT2D eigenvalue weighted by Crippen LogP contribution is -2.60. The normalized spacial score (nSPS) is 21.4. The Kier molecular flexibility index (Phi) is 7.88. The van der Waals surface area contributed by atoms with Crippen LogP contribution in [0.4, 0.5) is 0 Å². The average molecular weight is 631 g/mol. The zero-order valence-electron chi connectivity index (χ0n) is 23.2. The second-order valence-corrected chi connectivity index (χ2v) is 10.0. The number of benzene rings is 3. The highest BCUT2D eigenvalue weighted by Crippen LogP contribution is 2.43. The summed E-state index contributed by atoms with van der Waals surface area (Å²) in [5.41, 5.74) is -2.02. The van der Waals surface area contributed by atoms with Gasteiger partial charge in [-0.2, -0.15) is 0 Å². The molecule has 16 heteroatoms. The van der Waals surface area contributed by atoms with Crippen LogP contribution in [0.3, 0.4) is 0 Å². The molecule has 3 aromatic carbocycles. The van der Waals surface area contributed by atoms with Crippen LogP contribution >= 0.6 is 0 Å². The van der Waals surface area contributed by atoms with Gasteiger partial charge in [0.05, 0.1) is 18.8 Å². The Morgan fingerprint density at radius 1 is 0.800 bits per heavy atom. The topological polar surface area (TPSA) is 266 Å². The first-order valence-electron chi connectivity index (χ1n) is 13.0. The van der Waals surface area contributed by atoms with Crippen molar-refractivity contribution in [2.24, 2.45) is 0 Å². The molecule has 0 amide bonds. The van der Waals surface area contributed by atoms with E-state index in [9.17, 15) is 55.5 Å². The van der Waals surface area contributed by atoms with Gasteiger partial charge in [0, 0.05) is 17.7 Å². The lowest BCUT2D eigenvalue weighted by atomic mass is 9.99. The first kappa shape index (κ1) is 30.9. The van der Waals surface area contributed by atoms with Crippen molar-refractivity contribution < 1.29 is 74.1 Å². The minimum atomic E-state index is -1.91. The molecule has 1 aliphatic rings. The van der Waals surface area contributed by atoms with Crippen molar-refractivity contribution in [3.8, 4) is 63.1 Å². The summed E-state index contributed by atoms with van der Waals surface area (Å²) in [6.45, 7) is 1.33. The number of hydrogen-bond acceptors (Lipinski definition) is 16. The number of fused-ring (bicyclic) bond motifs is 1. The molecule has 0 saturated carbocycles. The fourth-order valence-electron chi connectivity index (χ4n) is 4.66. The van der Waals surface area contributed by atoms with Gasteiger partial charge in [-0.15, -0.1) is 0 Å². The van der Waals surface area contributed by atoms with E-state index in [0.717, 1.165) is 30.3 Å². The number of carbonyl (C=O) groups is 1. The fraction of sp³-hybridized carbons (Fsp3) is 0.241. The molecule has 0 radical (unpaired) electrons. The van der Waals surface area contributed by atoms with Crippen molar-refractivity contribution in [3.05, 3.63) is 52.2 Å². The molecule has 1 aliphatic heterocycles. The predicted molar refractivity (Wildman–Crippen MR) is 149 cm³/mol. The molecule has 5 atom stereocenters. The zero-order chi connectivity index (χ0) is 32.9. The van der Waals surface area contributed by atoms with Crippen molar-refractivity contribution in [1.29, 1.82) is 0 Å². The third-order valence-electron chi connectivity index (χ3n) is 7.04. The molecule has 45 heavy (non-hydrogen) atoms. The Bertz CT molecular complexity index is 1820. The third-order valence-corrected chi connectivity index (χ3v) is 7.04. The molecule has 9 N–H and O–H groups in total. The van der Waals surface area contributed by atoms with Gasteiger partial charge in [-0.25, -0.2) is 4.79 Å². The lowest BCUT2D eigenvalue weighted by molar-refractivity contribution is -0.267. The zero-order valence-corrected chi connectivity index (χ0v) is 23.2. The number of aliphatic hydroxyl groups is 2. The lowest BCUT2D eigenvalue weighted by Gasteiger charge is -2.40. The van der Waals surface area contributed by atoms with Crippen LogP contribution in [0.25, 0.3) is 22.3 Å². The summed E-state index contributed by atoms with van der Waals surface area (Å²) in [5, 5.41) is 90.8.